The van der Waals surface area contributed by atoms with Gasteiger partial charge in [-0.05, 0) is 36.2 Å². The molecule has 2 aromatic rings. The largest absolute Gasteiger partial charge is 0.487 e. The molecule has 1 N–H and O–H groups in total. The third-order valence-electron chi connectivity index (χ3n) is 3.11. The van der Waals surface area contributed by atoms with Gasteiger partial charge in [0.1, 0.15) is 12.4 Å². The molecule has 0 aliphatic carbocycles. The number of benzene rings is 1. The number of nitrogens with one attached hydrogen (secondary N) is 1. The van der Waals surface area contributed by atoms with Crippen LogP contribution in [0.3, 0.4) is 0 Å². The molecule has 1 aromatic heterocycles. The van der Waals surface area contributed by atoms with Crippen molar-refractivity contribution in [1.82, 2.24) is 10.5 Å². The number of hydrogen-bond acceptors (Lipinski definition) is 4. The highest BCUT2D eigenvalue weighted by molar-refractivity contribution is 5.30. The van der Waals surface area contributed by atoms with Gasteiger partial charge in [0.05, 0.1) is 18.3 Å². The average molecular weight is 256 g/mol. The fourth-order valence-corrected chi connectivity index (χ4v) is 2.09. The predicted octanol–water partition coefficient (Wildman–Crippen LogP) is 2.63. The minimum absolute atomic E-state index is 0.262. The Labute approximate surface area is 112 Å². The molecule has 2 heterocycles. The van der Waals surface area contributed by atoms with E-state index < -0.39 is 0 Å². The molecule has 0 bridgehead atoms. The molecule has 0 unspecified atom stereocenters. The van der Waals surface area contributed by atoms with Crippen LogP contribution in [0.1, 0.15) is 23.7 Å². The monoisotopic (exact) mass is 256 g/mol. The van der Waals surface area contributed by atoms with Gasteiger partial charge in [0.25, 0.3) is 0 Å². The molecule has 1 fully saturated rings. The molecule has 1 saturated heterocycles. The molecule has 1 atom stereocenters. The highest BCUT2D eigenvalue weighted by Crippen LogP contribution is 2.24. The van der Waals surface area contributed by atoms with E-state index in [1.54, 1.807) is 6.20 Å². The second-order valence-electron chi connectivity index (χ2n) is 4.49. The molecule has 0 radical (unpaired) electrons. The number of rotatable bonds is 4. The van der Waals surface area contributed by atoms with Crippen LogP contribution < -0.4 is 10.2 Å². The molecule has 1 aromatic carbocycles. The van der Waals surface area contributed by atoms with Crippen LogP contribution in [0, 0.1) is 0 Å². The van der Waals surface area contributed by atoms with Crippen molar-refractivity contribution < 1.29 is 9.57 Å². The summed E-state index contributed by atoms with van der Waals surface area (Å²) in [6, 6.07) is 14.2. The van der Waals surface area contributed by atoms with Crippen LogP contribution in [0.2, 0.25) is 0 Å². The summed E-state index contributed by atoms with van der Waals surface area (Å²) >= 11 is 0. The zero-order valence-corrected chi connectivity index (χ0v) is 10.6. The summed E-state index contributed by atoms with van der Waals surface area (Å²) in [5.41, 5.74) is 5.12. The number of pyridine rings is 1. The molecule has 1 aliphatic rings. The lowest BCUT2D eigenvalue weighted by molar-refractivity contribution is 0.0882. The van der Waals surface area contributed by atoms with E-state index in [4.69, 9.17) is 9.57 Å². The molecule has 4 nitrogen and oxygen atoms in total. The zero-order valence-electron chi connectivity index (χ0n) is 10.6. The van der Waals surface area contributed by atoms with Crippen molar-refractivity contribution in [3.8, 4) is 5.75 Å². The van der Waals surface area contributed by atoms with Crippen molar-refractivity contribution in [2.45, 2.75) is 19.1 Å². The molecule has 19 heavy (non-hydrogen) atoms. The van der Waals surface area contributed by atoms with E-state index in [1.807, 2.05) is 30.3 Å². The van der Waals surface area contributed by atoms with E-state index >= 15 is 0 Å². The smallest absolute Gasteiger partial charge is 0.130 e. The SMILES string of the molecule is c1ccc(COc2cccc([C@H]3CCON3)c2)nc1. The van der Waals surface area contributed by atoms with Crippen molar-refractivity contribution in [3.05, 3.63) is 59.9 Å². The van der Waals surface area contributed by atoms with Gasteiger partial charge in [-0.3, -0.25) is 4.98 Å². The number of nitrogens with zero attached hydrogens (tertiary/aromatic N) is 1. The lowest BCUT2D eigenvalue weighted by Crippen LogP contribution is -2.11. The van der Waals surface area contributed by atoms with E-state index in [2.05, 4.69) is 22.6 Å². The van der Waals surface area contributed by atoms with Crippen LogP contribution in [0.4, 0.5) is 0 Å². The molecule has 98 valence electrons. The van der Waals surface area contributed by atoms with Gasteiger partial charge in [-0.2, -0.15) is 5.48 Å². The summed E-state index contributed by atoms with van der Waals surface area (Å²) in [6.07, 6.45) is 2.76. The summed E-state index contributed by atoms with van der Waals surface area (Å²) in [5.74, 6) is 0.858. The Morgan fingerprint density at radius 1 is 1.26 bits per heavy atom. The second kappa shape index (κ2) is 5.82. The molecule has 0 amide bonds. The Hall–Kier alpha value is -1.91. The predicted molar refractivity (Wildman–Crippen MR) is 71.5 cm³/mol. The highest BCUT2D eigenvalue weighted by Gasteiger charge is 2.17. The maximum Gasteiger partial charge on any atom is 0.130 e. The van der Waals surface area contributed by atoms with Crippen LogP contribution in [0.25, 0.3) is 0 Å². The quantitative estimate of drug-likeness (QED) is 0.913. The van der Waals surface area contributed by atoms with Gasteiger partial charge in [-0.1, -0.05) is 18.2 Å². The minimum atomic E-state index is 0.262. The van der Waals surface area contributed by atoms with Gasteiger partial charge in [0.15, 0.2) is 0 Å². The fourth-order valence-electron chi connectivity index (χ4n) is 2.09. The standard InChI is InChI=1S/C15H16N2O2/c1-2-8-16-13(5-1)11-18-14-6-3-4-12(10-14)15-7-9-19-17-15/h1-6,8,10,15,17H,7,9,11H2/t15-/m1/s1. The Kier molecular flexibility index (Phi) is 3.72. The summed E-state index contributed by atoms with van der Waals surface area (Å²) in [4.78, 5) is 9.42. The van der Waals surface area contributed by atoms with Gasteiger partial charge < -0.3 is 9.57 Å². The third-order valence-corrected chi connectivity index (χ3v) is 3.11. The van der Waals surface area contributed by atoms with E-state index in [9.17, 15) is 0 Å². The van der Waals surface area contributed by atoms with E-state index in [0.717, 1.165) is 24.5 Å². The first kappa shape index (κ1) is 12.1. The summed E-state index contributed by atoms with van der Waals surface area (Å²) < 4.78 is 5.76. The second-order valence-corrected chi connectivity index (χ2v) is 4.49. The summed E-state index contributed by atoms with van der Waals surface area (Å²) in [5, 5.41) is 0. The van der Waals surface area contributed by atoms with Crippen molar-refractivity contribution in [3.63, 3.8) is 0 Å². The van der Waals surface area contributed by atoms with E-state index in [1.165, 1.54) is 5.56 Å². The lowest BCUT2D eigenvalue weighted by atomic mass is 10.1. The maximum absolute atomic E-state index is 5.76. The molecular formula is C15H16N2O2. The normalized spacial score (nSPS) is 18.4. The lowest BCUT2D eigenvalue weighted by Gasteiger charge is -2.11. The first-order chi connectivity index (χ1) is 9.42. The molecule has 4 heteroatoms. The first-order valence-electron chi connectivity index (χ1n) is 6.42. The zero-order chi connectivity index (χ0) is 12.9. The van der Waals surface area contributed by atoms with Crippen molar-refractivity contribution in [2.75, 3.05) is 6.61 Å². The minimum Gasteiger partial charge on any atom is -0.487 e. The number of hydrogen-bond donors (Lipinski definition) is 1. The van der Waals surface area contributed by atoms with Crippen LogP contribution in [-0.2, 0) is 11.4 Å². The Bertz CT molecular complexity index is 525. The van der Waals surface area contributed by atoms with Crippen LogP contribution >= 0.6 is 0 Å². The van der Waals surface area contributed by atoms with Crippen molar-refractivity contribution in [2.24, 2.45) is 0 Å². The number of ether oxygens (including phenoxy) is 1. The highest BCUT2D eigenvalue weighted by atomic mass is 16.7. The van der Waals surface area contributed by atoms with E-state index in [-0.39, 0.29) is 6.04 Å². The van der Waals surface area contributed by atoms with Gasteiger partial charge in [0.2, 0.25) is 0 Å². The molecule has 1 aliphatic heterocycles. The van der Waals surface area contributed by atoms with Gasteiger partial charge >= 0.3 is 0 Å². The van der Waals surface area contributed by atoms with Crippen LogP contribution in [-0.4, -0.2) is 11.6 Å². The van der Waals surface area contributed by atoms with Crippen LogP contribution in [0.15, 0.2) is 48.7 Å². The summed E-state index contributed by atoms with van der Waals surface area (Å²) in [7, 11) is 0. The van der Waals surface area contributed by atoms with E-state index in [0.29, 0.717) is 6.61 Å². The van der Waals surface area contributed by atoms with Gasteiger partial charge in [-0.25, -0.2) is 0 Å². The molecule has 3 rings (SSSR count). The van der Waals surface area contributed by atoms with Crippen molar-refractivity contribution in [1.29, 1.82) is 0 Å². The topological polar surface area (TPSA) is 43.4 Å². The van der Waals surface area contributed by atoms with Gasteiger partial charge in [-0.15, -0.1) is 0 Å². The van der Waals surface area contributed by atoms with Gasteiger partial charge in [0, 0.05) is 6.20 Å². The Morgan fingerprint density at radius 3 is 3.05 bits per heavy atom. The molecule has 0 saturated carbocycles. The number of hydroxylamine groups is 1. The average Bonchev–Trinajstić information content (AvgIpc) is 3.01. The maximum atomic E-state index is 5.76. The molecule has 0 spiro atoms. The molecular weight excluding hydrogens is 240 g/mol. The fraction of sp³-hybridized carbons (Fsp3) is 0.267. The van der Waals surface area contributed by atoms with Crippen LogP contribution in [0.5, 0.6) is 5.75 Å². The number of aromatic nitrogens is 1. The first-order valence-corrected chi connectivity index (χ1v) is 6.42. The third kappa shape index (κ3) is 3.10. The Balaban J connectivity index is 1.66. The Morgan fingerprint density at radius 2 is 2.26 bits per heavy atom. The van der Waals surface area contributed by atoms with Crippen molar-refractivity contribution >= 4 is 0 Å². The summed E-state index contributed by atoms with van der Waals surface area (Å²) in [6.45, 7) is 1.24.